The molecule has 4 nitrogen and oxygen atoms in total. The Bertz CT molecular complexity index is 865. The molecule has 0 bridgehead atoms. The summed E-state index contributed by atoms with van der Waals surface area (Å²) in [5, 5.41) is 10.8. The van der Waals surface area contributed by atoms with E-state index < -0.39 is 11.3 Å². The molecule has 1 spiro atoms. The number of aryl methyl sites for hydroxylation is 1. The van der Waals surface area contributed by atoms with Gasteiger partial charge in [0.05, 0.1) is 5.69 Å². The average Bonchev–Trinajstić information content (AvgIpc) is 3.23. The van der Waals surface area contributed by atoms with Gasteiger partial charge in [-0.1, -0.05) is 42.7 Å². The highest BCUT2D eigenvalue weighted by atomic mass is 16.3. The van der Waals surface area contributed by atoms with Gasteiger partial charge >= 0.3 is 0 Å². The fourth-order valence-corrected chi connectivity index (χ4v) is 4.16. The van der Waals surface area contributed by atoms with Crippen molar-refractivity contribution in [1.82, 2.24) is 4.57 Å². The van der Waals surface area contributed by atoms with Crippen molar-refractivity contribution in [1.29, 1.82) is 0 Å². The van der Waals surface area contributed by atoms with Crippen LogP contribution in [0.2, 0.25) is 0 Å². The van der Waals surface area contributed by atoms with Gasteiger partial charge in [0.2, 0.25) is 5.78 Å². The quantitative estimate of drug-likeness (QED) is 0.673. The number of fused-ring (bicyclic) bond motifs is 2. The van der Waals surface area contributed by atoms with Crippen molar-refractivity contribution in [3.63, 3.8) is 0 Å². The molecule has 24 heavy (non-hydrogen) atoms. The molecule has 1 aromatic carbocycles. The molecule has 0 unspecified atom stereocenters. The normalized spacial score (nSPS) is 19.0. The molecule has 2 aromatic rings. The molecule has 1 saturated carbocycles. The van der Waals surface area contributed by atoms with E-state index >= 15 is 0 Å². The molecule has 0 radical (unpaired) electrons. The molecule has 2 heterocycles. The minimum absolute atomic E-state index is 0.0583. The standard InChI is InChI=1S/C20H19NO3/c1-13-4-6-14(7-5-13)16-8-9-17-18(23)15(12-22)19(24)20(21(16)17)10-2-3-11-20/h4-9,12,24H,2-3,10-11H2,1H3. The van der Waals surface area contributed by atoms with E-state index in [1.54, 1.807) is 6.07 Å². The molecule has 1 fully saturated rings. The van der Waals surface area contributed by atoms with Gasteiger partial charge in [-0.25, -0.2) is 0 Å². The van der Waals surface area contributed by atoms with Crippen LogP contribution in [0.25, 0.3) is 11.3 Å². The Morgan fingerprint density at radius 1 is 1.04 bits per heavy atom. The summed E-state index contributed by atoms with van der Waals surface area (Å²) in [6.45, 7) is 2.03. The first-order valence-corrected chi connectivity index (χ1v) is 8.31. The van der Waals surface area contributed by atoms with E-state index in [4.69, 9.17) is 0 Å². The SMILES string of the molecule is Cc1ccc(-c2ccc3n2C2(CCCC2)C(O)=C(C=O)C3=O)cc1. The Balaban J connectivity index is 1.99. The van der Waals surface area contributed by atoms with Crippen molar-refractivity contribution in [2.75, 3.05) is 0 Å². The third-order valence-corrected chi connectivity index (χ3v) is 5.38. The van der Waals surface area contributed by atoms with Crippen LogP contribution in [-0.2, 0) is 10.3 Å². The topological polar surface area (TPSA) is 59.3 Å². The zero-order valence-electron chi connectivity index (χ0n) is 13.6. The van der Waals surface area contributed by atoms with Gasteiger partial charge in [-0.3, -0.25) is 9.59 Å². The maximum Gasteiger partial charge on any atom is 0.216 e. The van der Waals surface area contributed by atoms with Gasteiger partial charge in [-0.15, -0.1) is 0 Å². The lowest BCUT2D eigenvalue weighted by Crippen LogP contribution is -2.41. The van der Waals surface area contributed by atoms with Crippen LogP contribution in [0, 0.1) is 6.92 Å². The number of allylic oxidation sites excluding steroid dienone is 2. The molecule has 0 saturated heterocycles. The van der Waals surface area contributed by atoms with Gasteiger partial charge in [0.25, 0.3) is 0 Å². The van der Waals surface area contributed by atoms with Gasteiger partial charge in [0.1, 0.15) is 16.9 Å². The number of aldehydes is 1. The van der Waals surface area contributed by atoms with Gasteiger partial charge in [0.15, 0.2) is 6.29 Å². The van der Waals surface area contributed by atoms with Crippen molar-refractivity contribution >= 4 is 12.1 Å². The number of benzene rings is 1. The number of carbonyl (C=O) groups excluding carboxylic acids is 2. The minimum atomic E-state index is -0.663. The lowest BCUT2D eigenvalue weighted by atomic mass is 9.85. The van der Waals surface area contributed by atoms with Crippen molar-refractivity contribution in [2.45, 2.75) is 38.1 Å². The number of aliphatic hydroxyl groups is 1. The zero-order chi connectivity index (χ0) is 16.9. The average molecular weight is 321 g/mol. The van der Waals surface area contributed by atoms with Crippen molar-refractivity contribution in [3.05, 3.63) is 59.0 Å². The lowest BCUT2D eigenvalue weighted by molar-refractivity contribution is -0.104. The van der Waals surface area contributed by atoms with Crippen LogP contribution in [0.3, 0.4) is 0 Å². The summed E-state index contributed by atoms with van der Waals surface area (Å²) in [6.07, 6.45) is 3.92. The summed E-state index contributed by atoms with van der Waals surface area (Å²) in [6, 6.07) is 11.8. The molecule has 0 amide bonds. The molecular weight excluding hydrogens is 302 g/mol. The molecule has 1 aliphatic carbocycles. The van der Waals surface area contributed by atoms with E-state index in [-0.39, 0.29) is 11.3 Å². The highest BCUT2D eigenvalue weighted by molar-refractivity contribution is 6.21. The monoisotopic (exact) mass is 321 g/mol. The highest BCUT2D eigenvalue weighted by Gasteiger charge is 2.48. The molecule has 2 aliphatic rings. The number of aromatic nitrogens is 1. The minimum Gasteiger partial charge on any atom is -0.509 e. The largest absolute Gasteiger partial charge is 0.509 e. The van der Waals surface area contributed by atoms with Gasteiger partial charge < -0.3 is 9.67 Å². The van der Waals surface area contributed by atoms with Crippen LogP contribution in [0.1, 0.15) is 41.7 Å². The van der Waals surface area contributed by atoms with E-state index in [1.807, 2.05) is 41.8 Å². The molecule has 122 valence electrons. The predicted octanol–water partition coefficient (Wildman–Crippen LogP) is 3.94. The fraction of sp³-hybridized carbons (Fsp3) is 0.300. The van der Waals surface area contributed by atoms with Gasteiger partial charge in [0, 0.05) is 5.69 Å². The smallest absolute Gasteiger partial charge is 0.216 e. The van der Waals surface area contributed by atoms with E-state index in [0.29, 0.717) is 12.0 Å². The van der Waals surface area contributed by atoms with Crippen LogP contribution in [0.5, 0.6) is 0 Å². The number of carbonyl (C=O) groups is 2. The summed E-state index contributed by atoms with van der Waals surface area (Å²) in [5.41, 5.74) is 2.83. The Morgan fingerprint density at radius 2 is 1.67 bits per heavy atom. The summed E-state index contributed by atoms with van der Waals surface area (Å²) >= 11 is 0. The lowest BCUT2D eigenvalue weighted by Gasteiger charge is -2.37. The fourth-order valence-electron chi connectivity index (χ4n) is 4.16. The van der Waals surface area contributed by atoms with E-state index in [2.05, 4.69) is 0 Å². The van der Waals surface area contributed by atoms with Crippen LogP contribution in [-0.4, -0.2) is 21.7 Å². The summed E-state index contributed by atoms with van der Waals surface area (Å²) in [7, 11) is 0. The summed E-state index contributed by atoms with van der Waals surface area (Å²) in [5.74, 6) is -0.449. The first-order valence-electron chi connectivity index (χ1n) is 8.31. The Morgan fingerprint density at radius 3 is 2.29 bits per heavy atom. The third-order valence-electron chi connectivity index (χ3n) is 5.38. The molecule has 4 rings (SSSR count). The van der Waals surface area contributed by atoms with Crippen LogP contribution < -0.4 is 0 Å². The van der Waals surface area contributed by atoms with Crippen molar-refractivity contribution in [2.24, 2.45) is 0 Å². The van der Waals surface area contributed by atoms with E-state index in [9.17, 15) is 14.7 Å². The predicted molar refractivity (Wildman–Crippen MR) is 91.1 cm³/mol. The molecular formula is C20H19NO3. The van der Waals surface area contributed by atoms with Gasteiger partial charge in [-0.2, -0.15) is 0 Å². The molecule has 4 heteroatoms. The van der Waals surface area contributed by atoms with E-state index in [0.717, 1.165) is 36.9 Å². The maximum atomic E-state index is 12.6. The van der Waals surface area contributed by atoms with Crippen LogP contribution in [0.15, 0.2) is 47.7 Å². The number of rotatable bonds is 2. The third kappa shape index (κ3) is 1.86. The summed E-state index contributed by atoms with van der Waals surface area (Å²) in [4.78, 5) is 24.0. The molecule has 1 aliphatic heterocycles. The number of ketones is 1. The van der Waals surface area contributed by atoms with Gasteiger partial charge in [-0.05, 0) is 37.5 Å². The number of nitrogens with zero attached hydrogens (tertiary/aromatic N) is 1. The first-order chi connectivity index (χ1) is 11.6. The number of aliphatic hydroxyl groups excluding tert-OH is 1. The number of hydrogen-bond donors (Lipinski definition) is 1. The molecule has 1 aromatic heterocycles. The molecule has 0 atom stereocenters. The first kappa shape index (κ1) is 14.9. The number of hydrogen-bond acceptors (Lipinski definition) is 3. The van der Waals surface area contributed by atoms with E-state index in [1.165, 1.54) is 5.56 Å². The Labute approximate surface area is 140 Å². The second kappa shape index (κ2) is 5.20. The Kier molecular flexibility index (Phi) is 3.23. The van der Waals surface area contributed by atoms with Crippen LogP contribution in [0.4, 0.5) is 0 Å². The zero-order valence-corrected chi connectivity index (χ0v) is 13.6. The van der Waals surface area contributed by atoms with Crippen molar-refractivity contribution < 1.29 is 14.7 Å². The summed E-state index contributed by atoms with van der Waals surface area (Å²) < 4.78 is 1.97. The number of Topliss-reactive ketones (excluding diaryl/α,β-unsaturated/α-hetero) is 1. The highest BCUT2D eigenvalue weighted by Crippen LogP contribution is 2.48. The Hall–Kier alpha value is -2.62. The second-order valence-corrected chi connectivity index (χ2v) is 6.75. The molecule has 1 N–H and O–H groups in total. The van der Waals surface area contributed by atoms with Crippen molar-refractivity contribution in [3.8, 4) is 11.3 Å². The maximum absolute atomic E-state index is 12.6. The second-order valence-electron chi connectivity index (χ2n) is 6.75. The van der Waals surface area contributed by atoms with Crippen LogP contribution >= 0.6 is 0 Å².